The quantitative estimate of drug-likeness (QED) is 0.756. The van der Waals surface area contributed by atoms with E-state index in [2.05, 4.69) is 21.6 Å². The molecule has 0 aromatic heterocycles. The second-order valence-corrected chi connectivity index (χ2v) is 6.37. The van der Waals surface area contributed by atoms with Gasteiger partial charge in [-0.25, -0.2) is 0 Å². The Hall–Kier alpha value is -1.12. The Morgan fingerprint density at radius 1 is 1.45 bits per heavy atom. The lowest BCUT2D eigenvalue weighted by molar-refractivity contribution is -0.126. The van der Waals surface area contributed by atoms with E-state index in [4.69, 9.17) is 0 Å². The summed E-state index contributed by atoms with van der Waals surface area (Å²) in [6.07, 6.45) is 5.25. The Bertz CT molecular complexity index is 388. The average Bonchev–Trinajstić information content (AvgIpc) is 3.28. The highest BCUT2D eigenvalue weighted by Crippen LogP contribution is 2.24. The molecule has 1 saturated heterocycles. The second-order valence-electron chi connectivity index (χ2n) is 6.37. The monoisotopic (exact) mass is 278 g/mol. The lowest BCUT2D eigenvalue weighted by Gasteiger charge is -2.34. The molecule has 1 amide bonds. The van der Waals surface area contributed by atoms with Crippen LogP contribution in [-0.2, 0) is 4.79 Å². The lowest BCUT2D eigenvalue weighted by atomic mass is 9.95. The molecular formula is C15H26N4O. The number of hydrogen-bond acceptors (Lipinski definition) is 4. The van der Waals surface area contributed by atoms with Gasteiger partial charge in [0.25, 0.3) is 0 Å². The molecule has 0 aromatic rings. The van der Waals surface area contributed by atoms with Crippen LogP contribution in [0.5, 0.6) is 0 Å². The number of carbonyl (C=O) groups excluding carboxylic acids is 1. The third-order valence-electron chi connectivity index (χ3n) is 4.40. The Kier molecular flexibility index (Phi) is 5.00. The summed E-state index contributed by atoms with van der Waals surface area (Å²) in [6, 6.07) is 2.96. The third-order valence-corrected chi connectivity index (χ3v) is 4.40. The van der Waals surface area contributed by atoms with E-state index in [-0.39, 0.29) is 11.8 Å². The highest BCUT2D eigenvalue weighted by atomic mass is 16.1. The summed E-state index contributed by atoms with van der Waals surface area (Å²) in [4.78, 5) is 14.0. The maximum atomic E-state index is 11.7. The van der Waals surface area contributed by atoms with Gasteiger partial charge in [0.2, 0.25) is 5.91 Å². The summed E-state index contributed by atoms with van der Waals surface area (Å²) in [5.41, 5.74) is -0.429. The van der Waals surface area contributed by atoms with E-state index < -0.39 is 5.54 Å². The van der Waals surface area contributed by atoms with Crippen molar-refractivity contribution in [1.29, 1.82) is 5.26 Å². The van der Waals surface area contributed by atoms with E-state index in [1.165, 1.54) is 12.8 Å². The minimum absolute atomic E-state index is 0.110. The SMILES string of the molecule is CNC(=O)C1CCCN(CCC(C)(C#N)NC2CC2)C1. The Morgan fingerprint density at radius 2 is 2.20 bits per heavy atom. The highest BCUT2D eigenvalue weighted by Gasteiger charge is 2.33. The van der Waals surface area contributed by atoms with Gasteiger partial charge in [-0.1, -0.05) is 0 Å². The van der Waals surface area contributed by atoms with E-state index in [0.29, 0.717) is 6.04 Å². The Morgan fingerprint density at radius 3 is 2.80 bits per heavy atom. The molecule has 1 saturated carbocycles. The van der Waals surface area contributed by atoms with Crippen molar-refractivity contribution in [3.63, 3.8) is 0 Å². The van der Waals surface area contributed by atoms with Crippen molar-refractivity contribution in [2.24, 2.45) is 5.92 Å². The Labute approximate surface area is 121 Å². The largest absolute Gasteiger partial charge is 0.359 e. The zero-order valence-corrected chi connectivity index (χ0v) is 12.6. The van der Waals surface area contributed by atoms with Crippen molar-refractivity contribution in [2.45, 2.75) is 50.6 Å². The topological polar surface area (TPSA) is 68.2 Å². The molecular weight excluding hydrogens is 252 g/mol. The Balaban J connectivity index is 1.80. The van der Waals surface area contributed by atoms with Crippen molar-refractivity contribution in [1.82, 2.24) is 15.5 Å². The molecule has 1 heterocycles. The van der Waals surface area contributed by atoms with Crippen LogP contribution in [0, 0.1) is 17.2 Å². The van der Waals surface area contributed by atoms with Gasteiger partial charge in [-0.15, -0.1) is 0 Å². The first-order valence-corrected chi connectivity index (χ1v) is 7.69. The molecule has 5 heteroatoms. The van der Waals surface area contributed by atoms with E-state index in [9.17, 15) is 10.1 Å². The van der Waals surface area contributed by atoms with Crippen LogP contribution in [0.15, 0.2) is 0 Å². The normalized spacial score (nSPS) is 26.6. The number of piperidine rings is 1. The summed E-state index contributed by atoms with van der Waals surface area (Å²) < 4.78 is 0. The number of carbonyl (C=O) groups is 1. The molecule has 2 rings (SSSR count). The highest BCUT2D eigenvalue weighted by molar-refractivity contribution is 5.78. The molecule has 2 fully saturated rings. The fraction of sp³-hybridized carbons (Fsp3) is 0.867. The average molecular weight is 278 g/mol. The number of rotatable bonds is 6. The minimum Gasteiger partial charge on any atom is -0.359 e. The summed E-state index contributed by atoms with van der Waals surface area (Å²) in [5.74, 6) is 0.257. The molecule has 2 N–H and O–H groups in total. The molecule has 2 unspecified atom stereocenters. The van der Waals surface area contributed by atoms with Gasteiger partial charge in [0.1, 0.15) is 5.54 Å². The molecule has 20 heavy (non-hydrogen) atoms. The fourth-order valence-electron chi connectivity index (χ4n) is 2.90. The third kappa shape index (κ3) is 4.19. The first kappa shape index (κ1) is 15.3. The molecule has 1 aliphatic carbocycles. The van der Waals surface area contributed by atoms with Gasteiger partial charge in [-0.05, 0) is 45.6 Å². The van der Waals surface area contributed by atoms with E-state index >= 15 is 0 Å². The van der Waals surface area contributed by atoms with E-state index in [1.54, 1.807) is 7.05 Å². The number of amides is 1. The van der Waals surface area contributed by atoms with Crippen LogP contribution in [0.25, 0.3) is 0 Å². The van der Waals surface area contributed by atoms with Crippen LogP contribution in [-0.4, -0.2) is 49.1 Å². The summed E-state index contributed by atoms with van der Waals surface area (Å²) in [7, 11) is 1.70. The summed E-state index contributed by atoms with van der Waals surface area (Å²) in [5, 5.41) is 15.6. The van der Waals surface area contributed by atoms with Crippen molar-refractivity contribution >= 4 is 5.91 Å². The number of nitrogens with one attached hydrogen (secondary N) is 2. The van der Waals surface area contributed by atoms with Crippen molar-refractivity contribution in [3.05, 3.63) is 0 Å². The standard InChI is InChI=1S/C15H26N4O/c1-15(11-16,18-13-5-6-13)7-9-19-8-3-4-12(10-19)14(20)17-2/h12-13,18H,3-10H2,1-2H3,(H,17,20). The van der Waals surface area contributed by atoms with Gasteiger partial charge >= 0.3 is 0 Å². The van der Waals surface area contributed by atoms with Crippen LogP contribution in [0.3, 0.4) is 0 Å². The molecule has 2 atom stereocenters. The zero-order chi connectivity index (χ0) is 14.6. The zero-order valence-electron chi connectivity index (χ0n) is 12.6. The predicted molar refractivity (Wildman–Crippen MR) is 78.0 cm³/mol. The van der Waals surface area contributed by atoms with Crippen LogP contribution in [0.1, 0.15) is 39.0 Å². The molecule has 2 aliphatic rings. The molecule has 0 bridgehead atoms. The van der Waals surface area contributed by atoms with Gasteiger partial charge in [0.15, 0.2) is 0 Å². The van der Waals surface area contributed by atoms with Gasteiger partial charge in [-0.2, -0.15) is 5.26 Å². The molecule has 1 aliphatic heterocycles. The smallest absolute Gasteiger partial charge is 0.224 e. The number of hydrogen-bond donors (Lipinski definition) is 2. The van der Waals surface area contributed by atoms with E-state index in [0.717, 1.165) is 38.9 Å². The summed E-state index contributed by atoms with van der Waals surface area (Å²) >= 11 is 0. The molecule has 0 radical (unpaired) electrons. The second kappa shape index (κ2) is 6.55. The molecule has 0 aromatic carbocycles. The number of likely N-dealkylation sites (tertiary alicyclic amines) is 1. The lowest BCUT2D eigenvalue weighted by Crippen LogP contribution is -2.47. The first-order valence-electron chi connectivity index (χ1n) is 7.69. The van der Waals surface area contributed by atoms with Crippen LogP contribution < -0.4 is 10.6 Å². The maximum Gasteiger partial charge on any atom is 0.224 e. The summed E-state index contributed by atoms with van der Waals surface area (Å²) in [6.45, 7) is 4.74. The van der Waals surface area contributed by atoms with Gasteiger partial charge in [-0.3, -0.25) is 10.1 Å². The van der Waals surface area contributed by atoms with Crippen molar-refractivity contribution in [2.75, 3.05) is 26.7 Å². The van der Waals surface area contributed by atoms with Crippen LogP contribution in [0.4, 0.5) is 0 Å². The minimum atomic E-state index is -0.429. The van der Waals surface area contributed by atoms with Gasteiger partial charge in [0.05, 0.1) is 12.0 Å². The van der Waals surface area contributed by atoms with Crippen LogP contribution >= 0.6 is 0 Å². The van der Waals surface area contributed by atoms with E-state index in [1.807, 2.05) is 6.92 Å². The molecule has 112 valence electrons. The number of nitriles is 1. The van der Waals surface area contributed by atoms with Crippen molar-refractivity contribution < 1.29 is 4.79 Å². The number of nitrogens with zero attached hydrogens (tertiary/aromatic N) is 2. The van der Waals surface area contributed by atoms with Gasteiger partial charge < -0.3 is 10.2 Å². The first-order chi connectivity index (χ1) is 9.56. The predicted octanol–water partition coefficient (Wildman–Crippen LogP) is 0.869. The molecule has 5 nitrogen and oxygen atoms in total. The maximum absolute atomic E-state index is 11.7. The van der Waals surface area contributed by atoms with Crippen LogP contribution in [0.2, 0.25) is 0 Å². The molecule has 0 spiro atoms. The fourth-order valence-corrected chi connectivity index (χ4v) is 2.90. The van der Waals surface area contributed by atoms with Crippen molar-refractivity contribution in [3.8, 4) is 6.07 Å². The van der Waals surface area contributed by atoms with Gasteiger partial charge in [0, 0.05) is 26.2 Å².